The Labute approximate surface area is 81.4 Å². The highest BCUT2D eigenvalue weighted by molar-refractivity contribution is 4.74. The van der Waals surface area contributed by atoms with E-state index in [9.17, 15) is 0 Å². The Balaban J connectivity index is 2.21. The van der Waals surface area contributed by atoms with Gasteiger partial charge >= 0.3 is 0 Å². The highest BCUT2D eigenvalue weighted by atomic mass is 16.7. The first-order valence-electron chi connectivity index (χ1n) is 5.09. The summed E-state index contributed by atoms with van der Waals surface area (Å²) in [5.74, 6) is 0. The Kier molecular flexibility index (Phi) is 3.71. The third kappa shape index (κ3) is 4.60. The van der Waals surface area contributed by atoms with Crippen molar-refractivity contribution in [2.45, 2.75) is 45.3 Å². The van der Waals surface area contributed by atoms with Crippen LogP contribution in [0.4, 0.5) is 0 Å². The van der Waals surface area contributed by atoms with Gasteiger partial charge < -0.3 is 4.90 Å². The molecule has 0 bridgehead atoms. The van der Waals surface area contributed by atoms with Gasteiger partial charge in [0.2, 0.25) is 0 Å². The second-order valence-corrected chi connectivity index (χ2v) is 4.93. The van der Waals surface area contributed by atoms with Gasteiger partial charge in [-0.2, -0.15) is 5.48 Å². The first-order chi connectivity index (χ1) is 5.97. The Bertz CT molecular complexity index is 153. The van der Waals surface area contributed by atoms with Crippen molar-refractivity contribution in [1.82, 2.24) is 10.4 Å². The fourth-order valence-electron chi connectivity index (χ4n) is 1.52. The summed E-state index contributed by atoms with van der Waals surface area (Å²) in [6.45, 7) is 8.50. The molecule has 0 aromatic rings. The smallest absolute Gasteiger partial charge is 0.0813 e. The van der Waals surface area contributed by atoms with Crippen LogP contribution in [-0.2, 0) is 4.84 Å². The summed E-state index contributed by atoms with van der Waals surface area (Å²) >= 11 is 0. The van der Waals surface area contributed by atoms with Crippen LogP contribution in [0.15, 0.2) is 0 Å². The number of hydrogen-bond acceptors (Lipinski definition) is 3. The largest absolute Gasteiger partial charge is 0.305 e. The molecule has 1 aliphatic heterocycles. The van der Waals surface area contributed by atoms with Crippen molar-refractivity contribution in [3.8, 4) is 0 Å². The Hall–Kier alpha value is -0.120. The zero-order valence-electron chi connectivity index (χ0n) is 9.26. The maximum absolute atomic E-state index is 5.54. The van der Waals surface area contributed by atoms with Crippen LogP contribution in [0.3, 0.4) is 0 Å². The molecule has 1 rings (SSSR count). The summed E-state index contributed by atoms with van der Waals surface area (Å²) in [6, 6.07) is 0.498. The van der Waals surface area contributed by atoms with Crippen LogP contribution in [-0.4, -0.2) is 36.7 Å². The van der Waals surface area contributed by atoms with E-state index in [1.165, 1.54) is 19.4 Å². The van der Waals surface area contributed by atoms with E-state index in [1.807, 2.05) is 0 Å². The summed E-state index contributed by atoms with van der Waals surface area (Å²) in [7, 11) is 2.16. The lowest BCUT2D eigenvalue weighted by atomic mass is 10.1. The van der Waals surface area contributed by atoms with Crippen LogP contribution in [0, 0.1) is 0 Å². The molecule has 0 radical (unpaired) electrons. The quantitative estimate of drug-likeness (QED) is 0.660. The van der Waals surface area contributed by atoms with E-state index in [4.69, 9.17) is 4.84 Å². The number of rotatable bonds is 2. The SMILES string of the molecule is CN1CCCC(NOC(C)(C)C)C1. The maximum atomic E-state index is 5.54. The number of nitrogens with one attached hydrogen (secondary N) is 1. The zero-order valence-corrected chi connectivity index (χ0v) is 9.26. The average Bonchev–Trinajstić information content (AvgIpc) is 2.00. The predicted molar refractivity (Wildman–Crippen MR) is 54.5 cm³/mol. The molecule has 1 fully saturated rings. The number of piperidine rings is 1. The molecule has 1 saturated heterocycles. The molecule has 78 valence electrons. The summed E-state index contributed by atoms with van der Waals surface area (Å²) < 4.78 is 0. The summed E-state index contributed by atoms with van der Waals surface area (Å²) in [5.41, 5.74) is 3.06. The molecule has 3 nitrogen and oxygen atoms in total. The molecule has 0 saturated carbocycles. The summed E-state index contributed by atoms with van der Waals surface area (Å²) in [6.07, 6.45) is 2.49. The lowest BCUT2D eigenvalue weighted by molar-refractivity contribution is -0.0955. The monoisotopic (exact) mass is 186 g/mol. The molecule has 0 aromatic carbocycles. The van der Waals surface area contributed by atoms with Crippen molar-refractivity contribution in [1.29, 1.82) is 0 Å². The number of hydrogen-bond donors (Lipinski definition) is 1. The maximum Gasteiger partial charge on any atom is 0.0813 e. The normalized spacial score (nSPS) is 26.3. The van der Waals surface area contributed by atoms with E-state index in [-0.39, 0.29) is 5.60 Å². The van der Waals surface area contributed by atoms with E-state index >= 15 is 0 Å². The topological polar surface area (TPSA) is 24.5 Å². The van der Waals surface area contributed by atoms with Crippen molar-refractivity contribution >= 4 is 0 Å². The lowest BCUT2D eigenvalue weighted by Crippen LogP contribution is -2.46. The molecule has 0 aromatic heterocycles. The van der Waals surface area contributed by atoms with E-state index in [2.05, 4.69) is 38.2 Å². The first-order valence-corrected chi connectivity index (χ1v) is 5.09. The van der Waals surface area contributed by atoms with Gasteiger partial charge in [0.1, 0.15) is 0 Å². The lowest BCUT2D eigenvalue weighted by Gasteiger charge is -2.32. The standard InChI is InChI=1S/C10H22N2O/c1-10(2,3)13-11-9-6-5-7-12(4)8-9/h9,11H,5-8H2,1-4H3. The predicted octanol–water partition coefficient (Wildman–Crippen LogP) is 1.40. The Morgan fingerprint density at radius 2 is 2.08 bits per heavy atom. The highest BCUT2D eigenvalue weighted by Gasteiger charge is 2.19. The third-order valence-corrected chi connectivity index (χ3v) is 2.16. The van der Waals surface area contributed by atoms with Crippen LogP contribution >= 0.6 is 0 Å². The zero-order chi connectivity index (χ0) is 9.90. The van der Waals surface area contributed by atoms with Crippen molar-refractivity contribution in [3.05, 3.63) is 0 Å². The molecule has 0 spiro atoms. The van der Waals surface area contributed by atoms with Gasteiger partial charge in [-0.3, -0.25) is 4.84 Å². The Morgan fingerprint density at radius 3 is 2.62 bits per heavy atom. The van der Waals surface area contributed by atoms with Crippen molar-refractivity contribution < 1.29 is 4.84 Å². The van der Waals surface area contributed by atoms with E-state index < -0.39 is 0 Å². The molecule has 1 atom stereocenters. The second-order valence-electron chi connectivity index (χ2n) is 4.93. The van der Waals surface area contributed by atoms with Gasteiger partial charge in [-0.1, -0.05) is 0 Å². The van der Waals surface area contributed by atoms with Gasteiger partial charge in [-0.15, -0.1) is 0 Å². The van der Waals surface area contributed by atoms with Crippen molar-refractivity contribution in [2.75, 3.05) is 20.1 Å². The average molecular weight is 186 g/mol. The molecule has 0 amide bonds. The summed E-state index contributed by atoms with van der Waals surface area (Å²) in [4.78, 5) is 7.88. The van der Waals surface area contributed by atoms with Gasteiger partial charge in [0, 0.05) is 12.6 Å². The minimum absolute atomic E-state index is 0.0873. The third-order valence-electron chi connectivity index (χ3n) is 2.16. The summed E-state index contributed by atoms with van der Waals surface area (Å²) in [5, 5.41) is 0. The van der Waals surface area contributed by atoms with Gasteiger partial charge in [-0.05, 0) is 47.2 Å². The molecule has 1 N–H and O–H groups in total. The second kappa shape index (κ2) is 4.40. The van der Waals surface area contributed by atoms with Gasteiger partial charge in [0.05, 0.1) is 5.60 Å². The highest BCUT2D eigenvalue weighted by Crippen LogP contribution is 2.10. The van der Waals surface area contributed by atoms with Gasteiger partial charge in [0.25, 0.3) is 0 Å². The fourth-order valence-corrected chi connectivity index (χ4v) is 1.52. The van der Waals surface area contributed by atoms with Crippen molar-refractivity contribution in [3.63, 3.8) is 0 Å². The molecule has 3 heteroatoms. The Morgan fingerprint density at radius 1 is 1.38 bits per heavy atom. The van der Waals surface area contributed by atoms with E-state index in [0.717, 1.165) is 6.54 Å². The molecular formula is C10H22N2O. The van der Waals surface area contributed by atoms with E-state index in [0.29, 0.717) is 6.04 Å². The molecular weight excluding hydrogens is 164 g/mol. The van der Waals surface area contributed by atoms with Gasteiger partial charge in [0.15, 0.2) is 0 Å². The molecule has 1 unspecified atom stereocenters. The van der Waals surface area contributed by atoms with E-state index in [1.54, 1.807) is 0 Å². The fraction of sp³-hybridized carbons (Fsp3) is 1.00. The number of likely N-dealkylation sites (tertiary alicyclic amines) is 1. The van der Waals surface area contributed by atoms with Crippen LogP contribution in [0.1, 0.15) is 33.6 Å². The van der Waals surface area contributed by atoms with Crippen LogP contribution < -0.4 is 5.48 Å². The van der Waals surface area contributed by atoms with Gasteiger partial charge in [-0.25, -0.2) is 0 Å². The first kappa shape index (κ1) is 11.0. The molecule has 13 heavy (non-hydrogen) atoms. The van der Waals surface area contributed by atoms with Crippen LogP contribution in [0.25, 0.3) is 0 Å². The minimum atomic E-state index is -0.0873. The molecule has 1 aliphatic rings. The molecule has 1 heterocycles. The van der Waals surface area contributed by atoms with Crippen LogP contribution in [0.2, 0.25) is 0 Å². The van der Waals surface area contributed by atoms with Crippen molar-refractivity contribution in [2.24, 2.45) is 0 Å². The number of nitrogens with zero attached hydrogens (tertiary/aromatic N) is 1. The minimum Gasteiger partial charge on any atom is -0.305 e. The number of likely N-dealkylation sites (N-methyl/N-ethyl adjacent to an activating group) is 1. The van der Waals surface area contributed by atoms with Crippen LogP contribution in [0.5, 0.6) is 0 Å². The number of hydroxylamine groups is 1. The molecule has 0 aliphatic carbocycles.